The fourth-order valence-electron chi connectivity index (χ4n) is 2.90. The van der Waals surface area contributed by atoms with Crippen molar-refractivity contribution in [3.63, 3.8) is 0 Å². The molecule has 0 aliphatic carbocycles. The van der Waals surface area contributed by atoms with Gasteiger partial charge in [-0.05, 0) is 17.6 Å². The van der Waals surface area contributed by atoms with E-state index in [1.165, 1.54) is 0 Å². The lowest BCUT2D eigenvalue weighted by Crippen LogP contribution is -2.35. The highest BCUT2D eigenvalue weighted by Crippen LogP contribution is 2.17. The molecule has 1 aromatic heterocycles. The molecule has 3 rings (SSSR count). The molecule has 0 bridgehead atoms. The maximum absolute atomic E-state index is 12.2. The Kier molecular flexibility index (Phi) is 6.94. The normalized spacial score (nSPS) is 15.8. The van der Waals surface area contributed by atoms with Crippen LogP contribution in [0, 0.1) is 0 Å². The second kappa shape index (κ2) is 9.62. The van der Waals surface area contributed by atoms with Crippen LogP contribution in [0.5, 0.6) is 0 Å². The molecule has 1 aliphatic rings. The average Bonchev–Trinajstić information content (AvgIpc) is 3.13. The highest BCUT2D eigenvalue weighted by Gasteiger charge is 2.13. The predicted molar refractivity (Wildman–Crippen MR) is 105 cm³/mol. The third kappa shape index (κ3) is 5.49. The molecule has 0 atom stereocenters. The number of carbonyl (C=O) groups is 1. The van der Waals surface area contributed by atoms with Crippen LogP contribution in [0.4, 0.5) is 0 Å². The van der Waals surface area contributed by atoms with Crippen LogP contribution in [-0.2, 0) is 22.6 Å². The molecule has 0 unspecified atom stereocenters. The molecule has 26 heavy (non-hydrogen) atoms. The first-order valence-corrected chi connectivity index (χ1v) is 9.89. The Bertz CT molecular complexity index is 737. The second-order valence-electron chi connectivity index (χ2n) is 6.23. The van der Waals surface area contributed by atoms with E-state index in [2.05, 4.69) is 27.5 Å². The molecule has 138 valence electrons. The number of ether oxygens (including phenoxy) is 1. The molecule has 2 heterocycles. The van der Waals surface area contributed by atoms with E-state index in [9.17, 15) is 4.79 Å². The molecule has 0 radical (unpaired) electrons. The summed E-state index contributed by atoms with van der Waals surface area (Å²) in [6.07, 6.45) is 2.51. The average molecular weight is 372 g/mol. The minimum absolute atomic E-state index is 0.0735. The zero-order valence-electron chi connectivity index (χ0n) is 15.1. The van der Waals surface area contributed by atoms with Crippen molar-refractivity contribution >= 4 is 22.8 Å². The minimum atomic E-state index is -0.0735. The number of rotatable bonds is 7. The molecule has 1 aromatic carbocycles. The molecule has 1 aliphatic heterocycles. The largest absolute Gasteiger partial charge is 0.379 e. The van der Waals surface area contributed by atoms with E-state index in [0.717, 1.165) is 61.1 Å². The summed E-state index contributed by atoms with van der Waals surface area (Å²) in [7, 11) is 0. The number of amides is 1. The molecule has 5 nitrogen and oxygen atoms in total. The number of carbonyl (C=O) groups excluding carboxylic acids is 1. The van der Waals surface area contributed by atoms with E-state index < -0.39 is 0 Å². The Labute approximate surface area is 158 Å². The van der Waals surface area contributed by atoms with E-state index in [4.69, 9.17) is 4.74 Å². The fraction of sp³-hybridized carbons (Fsp3) is 0.400. The standard InChI is InChI=1S/C20H25N3O2S/c1-2-16(17-6-4-3-5-7-17)12-19(24)21-13-20-22-18(15-26-20)14-23-8-10-25-11-9-23/h3-7,12,15H,2,8-11,13-14H2,1H3,(H,21,24)/b16-12+. The van der Waals surface area contributed by atoms with Gasteiger partial charge in [-0.2, -0.15) is 0 Å². The van der Waals surface area contributed by atoms with Crippen LogP contribution in [0.3, 0.4) is 0 Å². The summed E-state index contributed by atoms with van der Waals surface area (Å²) in [6.45, 7) is 6.86. The van der Waals surface area contributed by atoms with Gasteiger partial charge in [-0.15, -0.1) is 11.3 Å². The third-order valence-electron chi connectivity index (χ3n) is 4.33. The Morgan fingerprint density at radius 1 is 1.31 bits per heavy atom. The maximum atomic E-state index is 12.2. The van der Waals surface area contributed by atoms with E-state index in [1.807, 2.05) is 30.3 Å². The SMILES string of the molecule is CC/C(=C\C(=O)NCc1nc(CN2CCOCC2)cs1)c1ccccc1. The zero-order valence-corrected chi connectivity index (χ0v) is 15.9. The Morgan fingerprint density at radius 2 is 2.08 bits per heavy atom. The summed E-state index contributed by atoms with van der Waals surface area (Å²) in [4.78, 5) is 19.2. The number of aromatic nitrogens is 1. The van der Waals surface area contributed by atoms with Crippen LogP contribution in [0.25, 0.3) is 5.57 Å². The summed E-state index contributed by atoms with van der Waals surface area (Å²) >= 11 is 1.60. The third-order valence-corrected chi connectivity index (χ3v) is 5.23. The Morgan fingerprint density at radius 3 is 2.81 bits per heavy atom. The summed E-state index contributed by atoms with van der Waals surface area (Å²) in [5.41, 5.74) is 3.19. The Hall–Kier alpha value is -2.02. The fourth-order valence-corrected chi connectivity index (χ4v) is 3.63. The quantitative estimate of drug-likeness (QED) is 0.760. The van der Waals surface area contributed by atoms with Gasteiger partial charge in [0.1, 0.15) is 5.01 Å². The van der Waals surface area contributed by atoms with Crippen LogP contribution in [-0.4, -0.2) is 42.1 Å². The number of nitrogens with zero attached hydrogens (tertiary/aromatic N) is 2. The van der Waals surface area contributed by atoms with Crippen LogP contribution >= 0.6 is 11.3 Å². The topological polar surface area (TPSA) is 54.5 Å². The molecule has 0 saturated carbocycles. The summed E-state index contributed by atoms with van der Waals surface area (Å²) in [5, 5.41) is 5.96. The summed E-state index contributed by atoms with van der Waals surface area (Å²) in [5.74, 6) is -0.0735. The number of allylic oxidation sites excluding steroid dienone is 1. The molecule has 1 amide bonds. The molecule has 1 fully saturated rings. The van der Waals surface area contributed by atoms with Crippen molar-refractivity contribution in [2.75, 3.05) is 26.3 Å². The lowest BCUT2D eigenvalue weighted by molar-refractivity contribution is -0.116. The monoisotopic (exact) mass is 371 g/mol. The van der Waals surface area contributed by atoms with Crippen molar-refractivity contribution in [3.05, 3.63) is 58.1 Å². The lowest BCUT2D eigenvalue weighted by atomic mass is 10.0. The van der Waals surface area contributed by atoms with Gasteiger partial charge in [0.2, 0.25) is 5.91 Å². The summed E-state index contributed by atoms with van der Waals surface area (Å²) in [6, 6.07) is 10.0. The van der Waals surface area contributed by atoms with Crippen molar-refractivity contribution in [1.29, 1.82) is 0 Å². The van der Waals surface area contributed by atoms with E-state index in [1.54, 1.807) is 17.4 Å². The lowest BCUT2D eigenvalue weighted by Gasteiger charge is -2.25. The molecule has 2 aromatic rings. The molecule has 0 spiro atoms. The van der Waals surface area contributed by atoms with Crippen molar-refractivity contribution in [1.82, 2.24) is 15.2 Å². The minimum Gasteiger partial charge on any atom is -0.379 e. The van der Waals surface area contributed by atoms with Crippen molar-refractivity contribution in [2.24, 2.45) is 0 Å². The first-order valence-electron chi connectivity index (χ1n) is 9.02. The smallest absolute Gasteiger partial charge is 0.244 e. The van der Waals surface area contributed by atoms with Gasteiger partial charge in [0, 0.05) is 31.1 Å². The van der Waals surface area contributed by atoms with Gasteiger partial charge in [0.05, 0.1) is 25.5 Å². The van der Waals surface area contributed by atoms with Gasteiger partial charge >= 0.3 is 0 Å². The molecule has 1 N–H and O–H groups in total. The van der Waals surface area contributed by atoms with E-state index >= 15 is 0 Å². The number of hydrogen-bond donors (Lipinski definition) is 1. The second-order valence-corrected chi connectivity index (χ2v) is 7.17. The van der Waals surface area contributed by atoms with E-state index in [0.29, 0.717) is 6.54 Å². The Balaban J connectivity index is 1.52. The number of nitrogens with one attached hydrogen (secondary N) is 1. The highest BCUT2D eigenvalue weighted by molar-refractivity contribution is 7.09. The van der Waals surface area contributed by atoms with Gasteiger partial charge in [-0.1, -0.05) is 37.3 Å². The van der Waals surface area contributed by atoms with Crippen LogP contribution in [0.2, 0.25) is 0 Å². The van der Waals surface area contributed by atoms with Gasteiger partial charge in [0.15, 0.2) is 0 Å². The number of thiazole rings is 1. The van der Waals surface area contributed by atoms with Crippen LogP contribution in [0.15, 0.2) is 41.8 Å². The number of benzene rings is 1. The van der Waals surface area contributed by atoms with Gasteiger partial charge in [0.25, 0.3) is 0 Å². The van der Waals surface area contributed by atoms with Crippen molar-refractivity contribution in [3.8, 4) is 0 Å². The van der Waals surface area contributed by atoms with E-state index in [-0.39, 0.29) is 5.91 Å². The molecular formula is C20H25N3O2S. The summed E-state index contributed by atoms with van der Waals surface area (Å²) < 4.78 is 5.37. The maximum Gasteiger partial charge on any atom is 0.244 e. The van der Waals surface area contributed by atoms with Gasteiger partial charge < -0.3 is 10.1 Å². The number of hydrogen-bond acceptors (Lipinski definition) is 5. The first-order chi connectivity index (χ1) is 12.7. The van der Waals surface area contributed by atoms with Gasteiger partial charge in [-0.25, -0.2) is 4.98 Å². The predicted octanol–water partition coefficient (Wildman–Crippen LogP) is 3.09. The molecule has 6 heteroatoms. The van der Waals surface area contributed by atoms with Crippen LogP contribution < -0.4 is 5.32 Å². The molecular weight excluding hydrogens is 346 g/mol. The van der Waals surface area contributed by atoms with Crippen molar-refractivity contribution < 1.29 is 9.53 Å². The zero-order chi connectivity index (χ0) is 18.2. The molecule has 1 saturated heterocycles. The highest BCUT2D eigenvalue weighted by atomic mass is 32.1. The van der Waals surface area contributed by atoms with Crippen LogP contribution in [0.1, 0.15) is 29.6 Å². The first kappa shape index (κ1) is 18.8. The van der Waals surface area contributed by atoms with Gasteiger partial charge in [-0.3, -0.25) is 9.69 Å². The van der Waals surface area contributed by atoms with Crippen molar-refractivity contribution in [2.45, 2.75) is 26.4 Å². The number of morpholine rings is 1.